The molecule has 0 fully saturated rings. The van der Waals surface area contributed by atoms with E-state index < -0.39 is 5.41 Å². The lowest BCUT2D eigenvalue weighted by atomic mass is 9.78. The molecule has 0 aliphatic carbocycles. The molecule has 38 heavy (non-hydrogen) atoms. The zero-order chi connectivity index (χ0) is 26.7. The van der Waals surface area contributed by atoms with Crippen LogP contribution in [0.15, 0.2) is 72.1 Å². The van der Waals surface area contributed by atoms with Gasteiger partial charge in [-0.15, -0.1) is 5.10 Å². The van der Waals surface area contributed by atoms with Crippen LogP contribution in [0.3, 0.4) is 0 Å². The lowest BCUT2D eigenvalue weighted by molar-refractivity contribution is 0.494. The Kier molecular flexibility index (Phi) is 6.83. The Morgan fingerprint density at radius 3 is 2.68 bits per heavy atom. The standard InChI is InChI=1S/C28H31N9O/c1-4-5-9-24-18-36(26-22(17-29)10-15-35(26)20(2)3)27(38)37(24)19-28(11-13-30-14-12-28)23-8-6-7-21(16-23)25-31-33-34-32-25/h6-8,10-16,18,20,30H,4-5,9,19H2,1-3H3,(H,31,32,33,34). The number of nitrogens with zero attached hydrogens (tertiary/aromatic N) is 7. The van der Waals surface area contributed by atoms with Crippen LogP contribution in [-0.4, -0.2) is 34.3 Å². The number of allylic oxidation sites excluding steroid dienone is 2. The van der Waals surface area contributed by atoms with E-state index in [1.807, 2.05) is 66.0 Å². The van der Waals surface area contributed by atoms with Crippen LogP contribution < -0.4 is 11.0 Å². The van der Waals surface area contributed by atoms with Crippen LogP contribution in [0, 0.1) is 11.3 Å². The summed E-state index contributed by atoms with van der Waals surface area (Å²) in [7, 11) is 0. The van der Waals surface area contributed by atoms with Crippen LogP contribution in [0.25, 0.3) is 17.2 Å². The summed E-state index contributed by atoms with van der Waals surface area (Å²) < 4.78 is 5.47. The van der Waals surface area contributed by atoms with E-state index in [1.54, 1.807) is 10.6 Å². The van der Waals surface area contributed by atoms with Crippen molar-refractivity contribution in [2.75, 3.05) is 0 Å². The molecule has 0 unspecified atom stereocenters. The summed E-state index contributed by atoms with van der Waals surface area (Å²) in [6.07, 6.45) is 14.5. The fourth-order valence-corrected chi connectivity index (χ4v) is 5.00. The van der Waals surface area contributed by atoms with Crippen molar-refractivity contribution in [2.45, 2.75) is 58.0 Å². The van der Waals surface area contributed by atoms with Gasteiger partial charge in [0.25, 0.3) is 0 Å². The van der Waals surface area contributed by atoms with Gasteiger partial charge in [0.2, 0.25) is 0 Å². The Bertz CT molecular complexity index is 1560. The van der Waals surface area contributed by atoms with Crippen LogP contribution in [-0.2, 0) is 18.4 Å². The Labute approximate surface area is 220 Å². The summed E-state index contributed by atoms with van der Waals surface area (Å²) in [5.41, 5.74) is 2.52. The number of aromatic nitrogens is 7. The molecule has 0 atom stereocenters. The summed E-state index contributed by atoms with van der Waals surface area (Å²) in [5.74, 6) is 1.18. The number of tetrazole rings is 1. The Morgan fingerprint density at radius 2 is 2.00 bits per heavy atom. The number of nitrogens with one attached hydrogen (secondary N) is 2. The molecule has 1 aromatic carbocycles. The van der Waals surface area contributed by atoms with Gasteiger partial charge in [0.05, 0.1) is 11.0 Å². The molecule has 0 bridgehead atoms. The van der Waals surface area contributed by atoms with Crippen molar-refractivity contribution in [3.05, 3.63) is 94.6 Å². The normalized spacial score (nSPS) is 14.1. The third-order valence-electron chi connectivity index (χ3n) is 7.03. The molecule has 1 aliphatic rings. The number of rotatable bonds is 9. The Morgan fingerprint density at radius 1 is 1.18 bits per heavy atom. The molecule has 1 aliphatic heterocycles. The van der Waals surface area contributed by atoms with Gasteiger partial charge in [-0.25, -0.2) is 9.89 Å². The average Bonchev–Trinajstić information content (AvgIpc) is 3.68. The highest BCUT2D eigenvalue weighted by molar-refractivity contribution is 5.57. The predicted octanol–water partition coefficient (Wildman–Crippen LogP) is 3.98. The van der Waals surface area contributed by atoms with E-state index in [2.05, 4.69) is 57.2 Å². The van der Waals surface area contributed by atoms with Gasteiger partial charge in [0.15, 0.2) is 5.82 Å². The highest BCUT2D eigenvalue weighted by atomic mass is 16.1. The van der Waals surface area contributed by atoms with Crippen LogP contribution in [0.2, 0.25) is 0 Å². The SMILES string of the molecule is CCCCc1cn(-c2c(C#N)ccn2C(C)C)c(=O)n1CC1(c2cccc(-c3nnn[nH]3)c2)C=CNC=C1. The topological polar surface area (TPSA) is 122 Å². The molecule has 0 saturated heterocycles. The van der Waals surface area contributed by atoms with Crippen molar-refractivity contribution in [1.82, 2.24) is 39.6 Å². The Hall–Kier alpha value is -4.65. The molecule has 0 amide bonds. The predicted molar refractivity (Wildman–Crippen MR) is 144 cm³/mol. The third kappa shape index (κ3) is 4.47. The van der Waals surface area contributed by atoms with Gasteiger partial charge in [-0.3, -0.25) is 9.13 Å². The fourth-order valence-electron chi connectivity index (χ4n) is 5.00. The van der Waals surface area contributed by atoms with Crippen LogP contribution in [0.5, 0.6) is 0 Å². The van der Waals surface area contributed by atoms with Gasteiger partial charge in [0, 0.05) is 36.2 Å². The van der Waals surface area contributed by atoms with E-state index in [1.165, 1.54) is 0 Å². The first-order valence-electron chi connectivity index (χ1n) is 12.9. The molecule has 0 spiro atoms. The van der Waals surface area contributed by atoms with Gasteiger partial charge in [-0.05, 0) is 67.2 Å². The molecule has 10 heteroatoms. The summed E-state index contributed by atoms with van der Waals surface area (Å²) in [4.78, 5) is 14.1. The first-order chi connectivity index (χ1) is 18.5. The number of imidazole rings is 1. The largest absolute Gasteiger partial charge is 0.368 e. The minimum atomic E-state index is -0.593. The zero-order valence-electron chi connectivity index (χ0n) is 21.8. The quantitative estimate of drug-likeness (QED) is 0.352. The van der Waals surface area contributed by atoms with E-state index >= 15 is 0 Å². The maximum atomic E-state index is 14.1. The minimum absolute atomic E-state index is 0.0939. The van der Waals surface area contributed by atoms with Crippen LogP contribution in [0.1, 0.15) is 56.5 Å². The molecule has 5 rings (SSSR count). The van der Waals surface area contributed by atoms with E-state index in [-0.39, 0.29) is 11.7 Å². The second kappa shape index (κ2) is 10.4. The van der Waals surface area contributed by atoms with Gasteiger partial charge >= 0.3 is 5.69 Å². The molecule has 2 N–H and O–H groups in total. The number of hydrogen-bond donors (Lipinski definition) is 2. The molecular weight excluding hydrogens is 478 g/mol. The van der Waals surface area contributed by atoms with Gasteiger partial charge in [0.1, 0.15) is 11.9 Å². The summed E-state index contributed by atoms with van der Waals surface area (Å²) in [6.45, 7) is 6.62. The second-order valence-electron chi connectivity index (χ2n) is 9.83. The maximum Gasteiger partial charge on any atom is 0.334 e. The highest BCUT2D eigenvalue weighted by Crippen LogP contribution is 2.34. The van der Waals surface area contributed by atoms with Gasteiger partial charge < -0.3 is 9.88 Å². The van der Waals surface area contributed by atoms with Crippen LogP contribution >= 0.6 is 0 Å². The second-order valence-corrected chi connectivity index (χ2v) is 9.83. The number of benzene rings is 1. The summed E-state index contributed by atoms with van der Waals surface area (Å²) in [5, 5.41) is 27.2. The number of unbranched alkanes of at least 4 members (excludes halogenated alkanes) is 1. The third-order valence-corrected chi connectivity index (χ3v) is 7.03. The van der Waals surface area contributed by atoms with E-state index in [0.717, 1.165) is 36.1 Å². The van der Waals surface area contributed by atoms with Crippen molar-refractivity contribution >= 4 is 0 Å². The summed E-state index contributed by atoms with van der Waals surface area (Å²) in [6, 6.07) is 12.2. The van der Waals surface area contributed by atoms with Gasteiger partial charge in [-0.2, -0.15) is 5.26 Å². The van der Waals surface area contributed by atoms with Crippen molar-refractivity contribution in [3.63, 3.8) is 0 Å². The van der Waals surface area contributed by atoms with Crippen molar-refractivity contribution in [2.24, 2.45) is 0 Å². The molecule has 4 aromatic rings. The fraction of sp³-hybridized carbons (Fsp3) is 0.321. The average molecular weight is 510 g/mol. The minimum Gasteiger partial charge on any atom is -0.368 e. The van der Waals surface area contributed by atoms with E-state index in [9.17, 15) is 10.1 Å². The number of nitriles is 1. The molecule has 10 nitrogen and oxygen atoms in total. The molecule has 194 valence electrons. The van der Waals surface area contributed by atoms with E-state index in [4.69, 9.17) is 0 Å². The van der Waals surface area contributed by atoms with Gasteiger partial charge in [-0.1, -0.05) is 43.7 Å². The van der Waals surface area contributed by atoms with Crippen molar-refractivity contribution in [1.29, 1.82) is 5.26 Å². The molecule has 0 saturated carbocycles. The number of dihydropyridines is 1. The lowest BCUT2D eigenvalue weighted by Gasteiger charge is -2.31. The number of H-pyrrole nitrogens is 1. The Balaban J connectivity index is 1.65. The van der Waals surface area contributed by atoms with Crippen molar-refractivity contribution < 1.29 is 0 Å². The maximum absolute atomic E-state index is 14.1. The lowest BCUT2D eigenvalue weighted by Crippen LogP contribution is -2.36. The highest BCUT2D eigenvalue weighted by Gasteiger charge is 2.32. The summed E-state index contributed by atoms with van der Waals surface area (Å²) >= 11 is 0. The number of aryl methyl sites for hydroxylation is 1. The number of hydrogen-bond acceptors (Lipinski definition) is 6. The first-order valence-corrected chi connectivity index (χ1v) is 12.9. The van der Waals surface area contributed by atoms with E-state index in [0.29, 0.717) is 23.8 Å². The zero-order valence-corrected chi connectivity index (χ0v) is 21.8. The molecule has 4 heterocycles. The molecule has 3 aromatic heterocycles. The van der Waals surface area contributed by atoms with Crippen molar-refractivity contribution in [3.8, 4) is 23.3 Å². The smallest absolute Gasteiger partial charge is 0.334 e. The number of aromatic amines is 1. The molecule has 0 radical (unpaired) electrons. The molecular formula is C28H31N9O. The van der Waals surface area contributed by atoms with Crippen LogP contribution in [0.4, 0.5) is 0 Å². The first kappa shape index (κ1) is 25.0. The monoisotopic (exact) mass is 509 g/mol.